The van der Waals surface area contributed by atoms with Crippen LogP contribution in [0, 0.1) is 0 Å². The van der Waals surface area contributed by atoms with Crippen LogP contribution in [0.25, 0.3) is 5.82 Å². The van der Waals surface area contributed by atoms with Crippen LogP contribution in [-0.2, 0) is 0 Å². The predicted octanol–water partition coefficient (Wildman–Crippen LogP) is 0.858. The minimum Gasteiger partial charge on any atom is -0.493 e. The van der Waals surface area contributed by atoms with Crippen molar-refractivity contribution in [3.63, 3.8) is 0 Å². The maximum Gasteiger partial charge on any atom is 0.196 e. The molecule has 2 aromatic heterocycles. The molecule has 2 heterocycles. The Morgan fingerprint density at radius 1 is 1.43 bits per heavy atom. The minimum absolute atomic E-state index is 0.456. The summed E-state index contributed by atoms with van der Waals surface area (Å²) in [6, 6.07) is 5.32. The van der Waals surface area contributed by atoms with Crippen LogP contribution >= 0.6 is 0 Å². The van der Waals surface area contributed by atoms with Gasteiger partial charge in [-0.3, -0.25) is 0 Å². The van der Waals surface area contributed by atoms with E-state index in [-0.39, 0.29) is 0 Å². The zero-order valence-corrected chi connectivity index (χ0v) is 7.71. The van der Waals surface area contributed by atoms with Crippen molar-refractivity contribution in [2.45, 2.75) is 0 Å². The van der Waals surface area contributed by atoms with Gasteiger partial charge in [0.25, 0.3) is 0 Å². The average Bonchev–Trinajstić information content (AvgIpc) is 2.65. The van der Waals surface area contributed by atoms with Crippen LogP contribution in [0.5, 0.6) is 5.75 Å². The zero-order chi connectivity index (χ0) is 9.97. The Balaban J connectivity index is 2.50. The van der Waals surface area contributed by atoms with Crippen LogP contribution in [0.1, 0.15) is 0 Å². The molecule has 0 saturated carbocycles. The van der Waals surface area contributed by atoms with Crippen molar-refractivity contribution >= 4 is 5.82 Å². The Bertz CT molecular complexity index is 438. The number of ether oxygens (including phenoxy) is 1. The van der Waals surface area contributed by atoms with Gasteiger partial charge in [0.1, 0.15) is 5.82 Å². The van der Waals surface area contributed by atoms with Crippen molar-refractivity contribution in [3.8, 4) is 11.6 Å². The highest BCUT2D eigenvalue weighted by Crippen LogP contribution is 2.18. The van der Waals surface area contributed by atoms with Gasteiger partial charge in [-0.1, -0.05) is 0 Å². The van der Waals surface area contributed by atoms with Crippen LogP contribution in [0.3, 0.4) is 0 Å². The number of hydrogen-bond donors (Lipinski definition) is 1. The van der Waals surface area contributed by atoms with Crippen molar-refractivity contribution in [1.82, 2.24) is 14.8 Å². The number of nitrogens with zero attached hydrogens (tertiary/aromatic N) is 3. The largest absolute Gasteiger partial charge is 0.493 e. The Morgan fingerprint density at radius 3 is 2.93 bits per heavy atom. The van der Waals surface area contributed by atoms with Crippen molar-refractivity contribution in [2.24, 2.45) is 0 Å². The highest BCUT2D eigenvalue weighted by atomic mass is 16.5. The molecule has 0 aromatic carbocycles. The van der Waals surface area contributed by atoms with Gasteiger partial charge in [-0.15, -0.1) is 5.10 Å². The van der Waals surface area contributed by atoms with Gasteiger partial charge in [0, 0.05) is 18.5 Å². The summed E-state index contributed by atoms with van der Waals surface area (Å²) >= 11 is 0. The van der Waals surface area contributed by atoms with Crippen molar-refractivity contribution in [3.05, 3.63) is 30.6 Å². The molecule has 2 rings (SSSR count). The Kier molecular flexibility index (Phi) is 2.06. The normalized spacial score (nSPS) is 10.1. The van der Waals surface area contributed by atoms with Gasteiger partial charge in [-0.2, -0.15) is 0 Å². The maximum atomic E-state index is 5.51. The lowest BCUT2D eigenvalue weighted by molar-refractivity contribution is 0.409. The summed E-state index contributed by atoms with van der Waals surface area (Å²) in [7, 11) is 1.59. The zero-order valence-electron chi connectivity index (χ0n) is 7.71. The third-order valence-electron chi connectivity index (χ3n) is 1.80. The molecule has 0 spiro atoms. The van der Waals surface area contributed by atoms with E-state index in [1.54, 1.807) is 36.3 Å². The summed E-state index contributed by atoms with van der Waals surface area (Å²) in [5.74, 6) is 1.75. The molecule has 0 aliphatic rings. The molecule has 0 fully saturated rings. The Hall–Kier alpha value is -2.04. The topological polar surface area (TPSA) is 66.0 Å². The van der Waals surface area contributed by atoms with Crippen LogP contribution in [0.4, 0.5) is 5.82 Å². The molecule has 5 heteroatoms. The van der Waals surface area contributed by atoms with E-state index in [0.29, 0.717) is 17.4 Å². The molecule has 0 saturated heterocycles. The van der Waals surface area contributed by atoms with Crippen LogP contribution in [0.2, 0.25) is 0 Å². The molecule has 72 valence electrons. The molecule has 0 amide bonds. The highest BCUT2D eigenvalue weighted by molar-refractivity contribution is 5.40. The van der Waals surface area contributed by atoms with E-state index < -0.39 is 0 Å². The van der Waals surface area contributed by atoms with Gasteiger partial charge in [-0.25, -0.2) is 9.67 Å². The number of nitrogen functional groups attached to an aromatic ring is 1. The summed E-state index contributed by atoms with van der Waals surface area (Å²) in [6.45, 7) is 0. The average molecular weight is 190 g/mol. The molecule has 14 heavy (non-hydrogen) atoms. The van der Waals surface area contributed by atoms with E-state index in [1.807, 2.05) is 6.07 Å². The third-order valence-corrected chi connectivity index (χ3v) is 1.80. The van der Waals surface area contributed by atoms with Crippen LogP contribution in [-0.4, -0.2) is 21.9 Å². The van der Waals surface area contributed by atoms with E-state index in [1.165, 1.54) is 0 Å². The lowest BCUT2D eigenvalue weighted by atomic mass is 10.4. The van der Waals surface area contributed by atoms with Gasteiger partial charge in [-0.05, 0) is 12.1 Å². The van der Waals surface area contributed by atoms with E-state index >= 15 is 0 Å². The van der Waals surface area contributed by atoms with Crippen LogP contribution in [0.15, 0.2) is 30.6 Å². The van der Waals surface area contributed by atoms with Crippen LogP contribution < -0.4 is 10.5 Å². The standard InChI is InChI=1S/C9H10N4O/c1-14-7-3-2-5-11-9(7)13-6-4-8(10)12-13/h2-6H,1H3,(H2,10,12). The minimum atomic E-state index is 0.456. The molecule has 0 bridgehead atoms. The highest BCUT2D eigenvalue weighted by Gasteiger charge is 2.06. The molecule has 0 atom stereocenters. The number of rotatable bonds is 2. The first-order chi connectivity index (χ1) is 6.81. The molecule has 0 aliphatic heterocycles. The number of nitrogens with two attached hydrogens (primary N) is 1. The SMILES string of the molecule is COc1cccnc1-n1ccc(N)n1. The van der Waals surface area contributed by atoms with Gasteiger partial charge in [0.2, 0.25) is 0 Å². The fourth-order valence-corrected chi connectivity index (χ4v) is 1.17. The summed E-state index contributed by atoms with van der Waals surface area (Å²) in [4.78, 5) is 4.15. The fraction of sp³-hybridized carbons (Fsp3) is 0.111. The molecule has 2 aromatic rings. The number of methoxy groups -OCH3 is 1. The molecule has 0 unspecified atom stereocenters. The fourth-order valence-electron chi connectivity index (χ4n) is 1.17. The molecule has 2 N–H and O–H groups in total. The van der Waals surface area contributed by atoms with Gasteiger partial charge in [0.05, 0.1) is 7.11 Å². The second-order valence-electron chi connectivity index (χ2n) is 2.71. The number of pyridine rings is 1. The maximum absolute atomic E-state index is 5.51. The van der Waals surface area contributed by atoms with E-state index in [2.05, 4.69) is 10.1 Å². The van der Waals surface area contributed by atoms with E-state index in [9.17, 15) is 0 Å². The quantitative estimate of drug-likeness (QED) is 0.762. The first-order valence-corrected chi connectivity index (χ1v) is 4.12. The summed E-state index contributed by atoms with van der Waals surface area (Å²) in [6.07, 6.45) is 3.41. The van der Waals surface area contributed by atoms with Crippen molar-refractivity contribution in [1.29, 1.82) is 0 Å². The Labute approximate surface area is 81.1 Å². The third kappa shape index (κ3) is 1.39. The van der Waals surface area contributed by atoms with Gasteiger partial charge < -0.3 is 10.5 Å². The van der Waals surface area contributed by atoms with Gasteiger partial charge in [0.15, 0.2) is 11.6 Å². The smallest absolute Gasteiger partial charge is 0.196 e. The lowest BCUT2D eigenvalue weighted by Crippen LogP contribution is -2.01. The first-order valence-electron chi connectivity index (χ1n) is 4.12. The number of aromatic nitrogens is 3. The second kappa shape index (κ2) is 3.37. The van der Waals surface area contributed by atoms with Crippen molar-refractivity contribution in [2.75, 3.05) is 12.8 Å². The molecule has 0 aliphatic carbocycles. The second-order valence-corrected chi connectivity index (χ2v) is 2.71. The molecular weight excluding hydrogens is 180 g/mol. The van der Waals surface area contributed by atoms with E-state index in [4.69, 9.17) is 10.5 Å². The molecular formula is C9H10N4O. The van der Waals surface area contributed by atoms with Crippen molar-refractivity contribution < 1.29 is 4.74 Å². The first kappa shape index (κ1) is 8.55. The number of anilines is 1. The van der Waals surface area contributed by atoms with E-state index in [0.717, 1.165) is 0 Å². The summed E-state index contributed by atoms with van der Waals surface area (Å²) < 4.78 is 6.72. The lowest BCUT2D eigenvalue weighted by Gasteiger charge is -2.05. The summed E-state index contributed by atoms with van der Waals surface area (Å²) in [5, 5.41) is 4.04. The summed E-state index contributed by atoms with van der Waals surface area (Å²) in [5.41, 5.74) is 5.51. The number of hydrogen-bond acceptors (Lipinski definition) is 4. The Morgan fingerprint density at radius 2 is 2.29 bits per heavy atom. The monoisotopic (exact) mass is 190 g/mol. The molecule has 5 nitrogen and oxygen atoms in total. The predicted molar refractivity (Wildman–Crippen MR) is 52.3 cm³/mol. The van der Waals surface area contributed by atoms with Gasteiger partial charge >= 0.3 is 0 Å². The molecule has 0 radical (unpaired) electrons.